The van der Waals surface area contributed by atoms with E-state index < -0.39 is 6.03 Å². The van der Waals surface area contributed by atoms with Crippen LogP contribution in [0, 0.1) is 5.53 Å². The second-order valence-electron chi connectivity index (χ2n) is 2.78. The summed E-state index contributed by atoms with van der Waals surface area (Å²) in [4.78, 5) is 12.3. The van der Waals surface area contributed by atoms with E-state index in [9.17, 15) is 4.79 Å². The molecule has 0 saturated carbocycles. The first-order valence-corrected chi connectivity index (χ1v) is 5.43. The molecule has 2 amide bonds. The average Bonchev–Trinajstić information content (AvgIpc) is 2.72. The van der Waals surface area contributed by atoms with Crippen molar-refractivity contribution in [3.63, 3.8) is 0 Å². The van der Waals surface area contributed by atoms with Crippen molar-refractivity contribution in [2.75, 3.05) is 5.43 Å². The summed E-state index contributed by atoms with van der Waals surface area (Å²) in [7, 11) is 0. The average molecular weight is 256 g/mol. The van der Waals surface area contributed by atoms with Crippen molar-refractivity contribution in [3.8, 4) is 0 Å². The molecule has 0 unspecified atom stereocenters. The van der Waals surface area contributed by atoms with Crippen LogP contribution in [0.25, 0.3) is 0 Å². The molecule has 2 rings (SSSR count). The number of hydrogen-bond acceptors (Lipinski definition) is 7. The molecule has 7 nitrogen and oxygen atoms in total. The number of amides is 2. The van der Waals surface area contributed by atoms with E-state index in [1.54, 1.807) is 0 Å². The van der Waals surface area contributed by atoms with Crippen LogP contribution in [0.2, 0.25) is 0 Å². The predicted molar refractivity (Wildman–Crippen MR) is 62.3 cm³/mol. The van der Waals surface area contributed by atoms with Gasteiger partial charge in [0.25, 0.3) is 0 Å². The molecule has 3 N–H and O–H groups in total. The first-order valence-electron chi connectivity index (χ1n) is 4.21. The van der Waals surface area contributed by atoms with E-state index >= 15 is 0 Å². The van der Waals surface area contributed by atoms with E-state index in [0.717, 1.165) is 15.7 Å². The summed E-state index contributed by atoms with van der Waals surface area (Å²) in [5.74, 6) is 0. The molecule has 0 saturated heterocycles. The molecule has 1 heterocycles. The normalized spacial score (nSPS) is 13.8. The number of hydrazine groups is 2. The first-order chi connectivity index (χ1) is 7.76. The van der Waals surface area contributed by atoms with Gasteiger partial charge in [-0.05, 0) is 16.7 Å². The smallest absolute Gasteiger partial charge is 0.288 e. The minimum absolute atomic E-state index is 0.619. The third-order valence-electron chi connectivity index (χ3n) is 1.83. The highest BCUT2D eigenvalue weighted by atomic mass is 32.2. The molecule has 0 bridgehead atoms. The zero-order valence-electron chi connectivity index (χ0n) is 7.91. The van der Waals surface area contributed by atoms with E-state index in [4.69, 9.17) is 5.53 Å². The maximum atomic E-state index is 11.3. The lowest BCUT2D eigenvalue weighted by molar-refractivity contribution is 0.117. The number of para-hydroxylation sites is 1. The highest BCUT2D eigenvalue weighted by Crippen LogP contribution is 2.37. The molecule has 0 spiro atoms. The maximum absolute atomic E-state index is 11.3. The molecule has 0 aliphatic carbocycles. The number of fused-ring (bicyclic) bond motifs is 1. The molecule has 9 heteroatoms. The minimum Gasteiger partial charge on any atom is -0.288 e. The van der Waals surface area contributed by atoms with Crippen LogP contribution >= 0.6 is 24.8 Å². The number of nitrogens with one attached hydrogen (secondary N) is 3. The number of rotatable bonds is 2. The second-order valence-corrected chi connectivity index (χ2v) is 3.97. The van der Waals surface area contributed by atoms with Crippen molar-refractivity contribution in [3.05, 3.63) is 24.3 Å². The number of carbonyl (C=O) groups is 1. The number of hydrogen-bond donors (Lipinski definition) is 4. The van der Waals surface area contributed by atoms with Crippen molar-refractivity contribution < 1.29 is 4.79 Å². The molecule has 0 radical (unpaired) electrons. The Morgan fingerprint density at radius 1 is 1.62 bits per heavy atom. The van der Waals surface area contributed by atoms with E-state index in [-0.39, 0.29) is 0 Å². The van der Waals surface area contributed by atoms with Gasteiger partial charge < -0.3 is 0 Å². The Morgan fingerprint density at radius 3 is 3.00 bits per heavy atom. The lowest BCUT2D eigenvalue weighted by Gasteiger charge is -2.22. The van der Waals surface area contributed by atoms with Crippen LogP contribution in [0.15, 0.2) is 34.4 Å². The molecule has 1 aliphatic rings. The van der Waals surface area contributed by atoms with E-state index in [0.29, 0.717) is 0 Å². The van der Waals surface area contributed by atoms with Crippen LogP contribution in [0.1, 0.15) is 0 Å². The van der Waals surface area contributed by atoms with E-state index in [1.165, 1.54) is 16.5 Å². The Hall–Kier alpha value is -1.45. The summed E-state index contributed by atoms with van der Waals surface area (Å²) < 4.78 is 3.43. The largest absolute Gasteiger partial charge is 0.366 e. The highest BCUT2D eigenvalue weighted by Gasteiger charge is 2.28. The fourth-order valence-electron chi connectivity index (χ4n) is 1.16. The van der Waals surface area contributed by atoms with Gasteiger partial charge in [-0.25, -0.2) is 4.79 Å². The first kappa shape index (κ1) is 11.0. The summed E-state index contributed by atoms with van der Waals surface area (Å²) in [6.07, 6.45) is 0. The Bertz CT molecular complexity index is 402. The Morgan fingerprint density at radius 2 is 2.38 bits per heavy atom. The van der Waals surface area contributed by atoms with Gasteiger partial charge in [0.2, 0.25) is 0 Å². The zero-order chi connectivity index (χ0) is 11.5. The molecule has 0 atom stereocenters. The van der Waals surface area contributed by atoms with E-state index in [2.05, 4.69) is 28.2 Å². The van der Waals surface area contributed by atoms with E-state index in [1.807, 2.05) is 24.3 Å². The van der Waals surface area contributed by atoms with Gasteiger partial charge in [0.05, 0.1) is 10.6 Å². The van der Waals surface area contributed by atoms with Crippen molar-refractivity contribution in [1.29, 1.82) is 5.53 Å². The van der Waals surface area contributed by atoms with Gasteiger partial charge in [-0.1, -0.05) is 35.3 Å². The number of benzene rings is 1. The molecule has 1 aromatic carbocycles. The van der Waals surface area contributed by atoms with Crippen molar-refractivity contribution >= 4 is 36.5 Å². The van der Waals surface area contributed by atoms with Crippen LogP contribution in [0.5, 0.6) is 0 Å². The summed E-state index contributed by atoms with van der Waals surface area (Å²) >= 11 is 4.87. The molecule has 16 heavy (non-hydrogen) atoms. The number of anilines is 1. The quantitative estimate of drug-likeness (QED) is 0.282. The molecular weight excluding hydrogens is 248 g/mol. The standard InChI is InChI=1S/C7H8N6OS2/c8-11-12(7(14)10-15)13-9-5-3-1-2-4-6(5)16-13/h1-4,8-9,15H,(H,10,14). The predicted octanol–water partition coefficient (Wildman–Crippen LogP) is 2.05. The van der Waals surface area contributed by atoms with Crippen LogP contribution < -0.4 is 10.1 Å². The maximum Gasteiger partial charge on any atom is 0.366 e. The van der Waals surface area contributed by atoms with Gasteiger partial charge >= 0.3 is 6.03 Å². The van der Waals surface area contributed by atoms with Gasteiger partial charge in [-0.2, -0.15) is 5.53 Å². The zero-order valence-corrected chi connectivity index (χ0v) is 9.63. The lowest BCUT2D eigenvalue weighted by atomic mass is 10.3. The van der Waals surface area contributed by atoms with Gasteiger partial charge in [-0.15, -0.1) is 0 Å². The molecule has 1 aliphatic heterocycles. The molecular formula is C7H8N6OS2. The summed E-state index contributed by atoms with van der Waals surface area (Å²) in [6.45, 7) is 0. The van der Waals surface area contributed by atoms with Crippen LogP contribution in [0.3, 0.4) is 0 Å². The van der Waals surface area contributed by atoms with Crippen molar-refractivity contribution in [1.82, 2.24) is 14.4 Å². The topological polar surface area (TPSA) is 83.8 Å². The summed E-state index contributed by atoms with van der Waals surface area (Å²) in [5.41, 5.74) is 10.7. The summed E-state index contributed by atoms with van der Waals surface area (Å²) in [5, 5.41) is 3.91. The second kappa shape index (κ2) is 4.60. The minimum atomic E-state index is -0.619. The van der Waals surface area contributed by atoms with Crippen LogP contribution in [-0.2, 0) is 0 Å². The van der Waals surface area contributed by atoms with Gasteiger partial charge in [-0.3, -0.25) is 10.1 Å². The molecule has 84 valence electrons. The van der Waals surface area contributed by atoms with Crippen molar-refractivity contribution in [2.45, 2.75) is 4.90 Å². The fourth-order valence-corrected chi connectivity index (χ4v) is 2.12. The highest BCUT2D eigenvalue weighted by molar-refractivity contribution is 7.97. The van der Waals surface area contributed by atoms with Gasteiger partial charge in [0, 0.05) is 11.9 Å². The fraction of sp³-hybridized carbons (Fsp3) is 0. The Kier molecular flexibility index (Phi) is 3.17. The van der Waals surface area contributed by atoms with Crippen LogP contribution in [0.4, 0.5) is 10.5 Å². The molecule has 1 aromatic rings. The number of carbonyl (C=O) groups excluding carboxylic acids is 1. The van der Waals surface area contributed by atoms with Crippen LogP contribution in [-0.4, -0.2) is 15.7 Å². The monoisotopic (exact) mass is 256 g/mol. The summed E-state index contributed by atoms with van der Waals surface area (Å²) in [6, 6.07) is 6.90. The number of nitrogens with zero attached hydrogens (tertiary/aromatic N) is 3. The van der Waals surface area contributed by atoms with Gasteiger partial charge in [0.15, 0.2) is 0 Å². The Labute approximate surface area is 101 Å². The number of thiol groups is 1. The molecule has 0 aromatic heterocycles. The third-order valence-corrected chi connectivity index (χ3v) is 2.99. The molecule has 0 fully saturated rings. The SMILES string of the molecule is N=NN(C(=O)NS)N1Nc2ccccc2S1. The number of urea groups is 1. The van der Waals surface area contributed by atoms with Gasteiger partial charge in [0.1, 0.15) is 0 Å². The lowest BCUT2D eigenvalue weighted by Crippen LogP contribution is -2.42. The Balaban J connectivity index is 2.16. The van der Waals surface area contributed by atoms with Crippen molar-refractivity contribution in [2.24, 2.45) is 5.22 Å². The third kappa shape index (κ3) is 1.92.